The van der Waals surface area contributed by atoms with Crippen LogP contribution >= 0.6 is 23.1 Å². The van der Waals surface area contributed by atoms with Crippen LogP contribution < -0.4 is 10.2 Å². The number of carbonyl (C=O) groups excluding carboxylic acids is 2. The van der Waals surface area contributed by atoms with Gasteiger partial charge in [-0.05, 0) is 18.6 Å². The molecule has 2 aliphatic rings. The molecule has 128 valence electrons. The molecule has 4 rings (SSSR count). The van der Waals surface area contributed by atoms with Crippen LogP contribution in [0.15, 0.2) is 34.5 Å². The van der Waals surface area contributed by atoms with E-state index in [4.69, 9.17) is 5.11 Å². The number of amides is 2. The zero-order chi connectivity index (χ0) is 17.6. The van der Waals surface area contributed by atoms with E-state index in [1.165, 1.54) is 28.5 Å². The Labute approximate surface area is 151 Å². The molecular weight excluding hydrogens is 362 g/mol. The molecule has 1 aromatic carbocycles. The average Bonchev–Trinajstić information content (AvgIpc) is 3.27. The minimum atomic E-state index is -1.10. The van der Waals surface area contributed by atoms with Gasteiger partial charge in [0.2, 0.25) is 5.91 Å². The lowest BCUT2D eigenvalue weighted by Gasteiger charge is -2.29. The van der Waals surface area contributed by atoms with Gasteiger partial charge in [0.15, 0.2) is 10.6 Å². The highest BCUT2D eigenvalue weighted by molar-refractivity contribution is 8.02. The maximum Gasteiger partial charge on any atom is 0.355 e. The number of anilines is 1. The number of nitrogens with zero attached hydrogens (tertiary/aromatic N) is 2. The summed E-state index contributed by atoms with van der Waals surface area (Å²) in [6.07, 6.45) is 0.768. The molecular formula is C16H13N3O4S2. The summed E-state index contributed by atoms with van der Waals surface area (Å²) in [6.45, 7) is 0.136. The number of thioether (sulfide) groups is 1. The van der Waals surface area contributed by atoms with Gasteiger partial charge in [-0.3, -0.25) is 14.5 Å². The smallest absolute Gasteiger partial charge is 0.355 e. The number of thiazole rings is 1. The number of fused-ring (bicyclic) bond motifs is 3. The molecule has 0 bridgehead atoms. The molecule has 9 heteroatoms. The first-order valence-electron chi connectivity index (χ1n) is 7.58. The highest BCUT2D eigenvalue weighted by atomic mass is 32.2. The highest BCUT2D eigenvalue weighted by Crippen LogP contribution is 2.55. The molecule has 0 spiro atoms. The van der Waals surface area contributed by atoms with Crippen LogP contribution in [0.25, 0.3) is 0 Å². The van der Waals surface area contributed by atoms with Crippen LogP contribution in [0.3, 0.4) is 0 Å². The first-order valence-corrected chi connectivity index (χ1v) is 9.28. The van der Waals surface area contributed by atoms with Gasteiger partial charge in [-0.1, -0.05) is 23.9 Å². The zero-order valence-corrected chi connectivity index (χ0v) is 14.5. The van der Waals surface area contributed by atoms with Crippen LogP contribution in [-0.2, 0) is 16.1 Å². The van der Waals surface area contributed by atoms with E-state index in [-0.39, 0.29) is 24.1 Å². The third-order valence-corrected chi connectivity index (χ3v) is 6.52. The van der Waals surface area contributed by atoms with Crippen molar-refractivity contribution in [2.24, 2.45) is 0 Å². The van der Waals surface area contributed by atoms with E-state index in [1.807, 2.05) is 24.3 Å². The molecule has 2 aliphatic heterocycles. The minimum Gasteiger partial charge on any atom is -0.476 e. The Balaban J connectivity index is 1.55. The largest absolute Gasteiger partial charge is 0.476 e. The predicted octanol–water partition coefficient (Wildman–Crippen LogP) is 2.09. The second-order valence-corrected chi connectivity index (χ2v) is 7.96. The van der Waals surface area contributed by atoms with Gasteiger partial charge in [-0.2, -0.15) is 0 Å². The first kappa shape index (κ1) is 16.1. The number of aromatic nitrogens is 1. The maximum absolute atomic E-state index is 12.9. The normalized spacial score (nSPS) is 21.1. The topological polar surface area (TPSA) is 99.6 Å². The summed E-state index contributed by atoms with van der Waals surface area (Å²) in [5.41, 5.74) is 0.736. The minimum absolute atomic E-state index is 0.0345. The quantitative estimate of drug-likeness (QED) is 0.849. The van der Waals surface area contributed by atoms with Crippen LogP contribution in [-0.4, -0.2) is 32.7 Å². The standard InChI is InChI=1S/C16H13N3O4S2/c20-13-5-6-16(19(13)10-3-1-2-4-11(10)25-16)15(23)17-7-12-18-9(8-24-12)14(21)22/h1-4,8H,5-7H2,(H,17,23)(H,21,22). The van der Waals surface area contributed by atoms with E-state index in [9.17, 15) is 14.4 Å². The average molecular weight is 375 g/mol. The second-order valence-electron chi connectivity index (χ2n) is 5.70. The number of carbonyl (C=O) groups is 3. The Morgan fingerprint density at radius 3 is 2.92 bits per heavy atom. The van der Waals surface area contributed by atoms with E-state index in [0.717, 1.165) is 10.6 Å². The van der Waals surface area contributed by atoms with Crippen molar-refractivity contribution >= 4 is 46.6 Å². The molecule has 0 radical (unpaired) electrons. The second kappa shape index (κ2) is 5.85. The molecule has 1 saturated heterocycles. The molecule has 7 nitrogen and oxygen atoms in total. The molecule has 1 unspecified atom stereocenters. The van der Waals surface area contributed by atoms with Gasteiger partial charge in [-0.25, -0.2) is 9.78 Å². The molecule has 2 N–H and O–H groups in total. The van der Waals surface area contributed by atoms with Crippen LogP contribution in [0.4, 0.5) is 5.69 Å². The van der Waals surface area contributed by atoms with Gasteiger partial charge >= 0.3 is 5.97 Å². The van der Waals surface area contributed by atoms with E-state index in [2.05, 4.69) is 10.3 Å². The lowest BCUT2D eigenvalue weighted by atomic mass is 10.2. The van der Waals surface area contributed by atoms with E-state index in [0.29, 0.717) is 17.8 Å². The number of para-hydroxylation sites is 1. The summed E-state index contributed by atoms with van der Waals surface area (Å²) in [6, 6.07) is 7.48. The fourth-order valence-corrected chi connectivity index (χ4v) is 5.23. The van der Waals surface area contributed by atoms with Crippen LogP contribution in [0.5, 0.6) is 0 Å². The molecule has 0 aliphatic carbocycles. The van der Waals surface area contributed by atoms with Crippen LogP contribution in [0.1, 0.15) is 28.3 Å². The van der Waals surface area contributed by atoms with Gasteiger partial charge in [0, 0.05) is 16.7 Å². The number of hydrogen-bond acceptors (Lipinski definition) is 6. The molecule has 1 atom stereocenters. The number of hydrogen-bond donors (Lipinski definition) is 2. The molecule has 0 saturated carbocycles. The van der Waals surface area contributed by atoms with Gasteiger partial charge in [0.05, 0.1) is 12.2 Å². The number of benzene rings is 1. The fourth-order valence-electron chi connectivity index (χ4n) is 3.08. The fraction of sp³-hybridized carbons (Fsp3) is 0.250. The van der Waals surface area contributed by atoms with Crippen molar-refractivity contribution in [1.29, 1.82) is 0 Å². The summed E-state index contributed by atoms with van der Waals surface area (Å²) in [5, 5.41) is 13.7. The lowest BCUT2D eigenvalue weighted by molar-refractivity contribution is -0.124. The first-order chi connectivity index (χ1) is 12.0. The van der Waals surface area contributed by atoms with Crippen LogP contribution in [0, 0.1) is 0 Å². The van der Waals surface area contributed by atoms with Gasteiger partial charge < -0.3 is 10.4 Å². The number of rotatable bonds is 4. The number of aromatic carboxylic acids is 1. The Morgan fingerprint density at radius 1 is 1.36 bits per heavy atom. The third-order valence-electron chi connectivity index (χ3n) is 4.20. The number of carboxylic acids is 1. The van der Waals surface area contributed by atoms with Crippen molar-refractivity contribution < 1.29 is 19.5 Å². The molecule has 25 heavy (non-hydrogen) atoms. The summed E-state index contributed by atoms with van der Waals surface area (Å²) in [7, 11) is 0. The molecule has 2 amide bonds. The number of nitrogens with one attached hydrogen (secondary N) is 1. The highest BCUT2D eigenvalue weighted by Gasteiger charge is 2.57. The summed E-state index contributed by atoms with van der Waals surface area (Å²) in [5.74, 6) is -1.41. The van der Waals surface area contributed by atoms with Crippen molar-refractivity contribution in [2.75, 3.05) is 4.90 Å². The van der Waals surface area contributed by atoms with Gasteiger partial charge in [-0.15, -0.1) is 11.3 Å². The molecule has 3 heterocycles. The Morgan fingerprint density at radius 2 is 2.16 bits per heavy atom. The Kier molecular flexibility index (Phi) is 3.77. The number of carboxylic acid groups (broad SMARTS) is 1. The van der Waals surface area contributed by atoms with E-state index < -0.39 is 10.8 Å². The van der Waals surface area contributed by atoms with Crippen molar-refractivity contribution in [1.82, 2.24) is 10.3 Å². The summed E-state index contributed by atoms with van der Waals surface area (Å²) >= 11 is 2.57. The zero-order valence-electron chi connectivity index (χ0n) is 12.9. The summed E-state index contributed by atoms with van der Waals surface area (Å²) in [4.78, 5) is 41.6. The van der Waals surface area contributed by atoms with Crippen LogP contribution in [0.2, 0.25) is 0 Å². The van der Waals surface area contributed by atoms with E-state index in [1.54, 1.807) is 4.90 Å². The van der Waals surface area contributed by atoms with Gasteiger partial charge in [0.25, 0.3) is 5.91 Å². The van der Waals surface area contributed by atoms with Crippen molar-refractivity contribution in [3.63, 3.8) is 0 Å². The molecule has 1 fully saturated rings. The van der Waals surface area contributed by atoms with Crippen molar-refractivity contribution in [3.05, 3.63) is 40.3 Å². The van der Waals surface area contributed by atoms with Crippen molar-refractivity contribution in [3.8, 4) is 0 Å². The Bertz CT molecular complexity index is 897. The SMILES string of the molecule is O=C(O)c1csc(CNC(=O)C23CCC(=O)N2c2ccccc2S3)n1. The van der Waals surface area contributed by atoms with Crippen molar-refractivity contribution in [2.45, 2.75) is 29.2 Å². The van der Waals surface area contributed by atoms with E-state index >= 15 is 0 Å². The molecule has 2 aromatic rings. The maximum atomic E-state index is 12.9. The lowest BCUT2D eigenvalue weighted by Crippen LogP contribution is -2.52. The Hall–Kier alpha value is -2.39. The predicted molar refractivity (Wildman–Crippen MR) is 92.7 cm³/mol. The van der Waals surface area contributed by atoms with Gasteiger partial charge in [0.1, 0.15) is 5.01 Å². The third kappa shape index (κ3) is 2.50. The molecule has 1 aromatic heterocycles. The monoisotopic (exact) mass is 375 g/mol. The summed E-state index contributed by atoms with van der Waals surface area (Å²) < 4.78 is 0.